The third-order valence-corrected chi connectivity index (χ3v) is 6.04. The number of halogens is 3. The van der Waals surface area contributed by atoms with Gasteiger partial charge in [0.2, 0.25) is 0 Å². The third-order valence-electron chi connectivity index (χ3n) is 6.04. The zero-order valence-corrected chi connectivity index (χ0v) is 16.9. The molecule has 8 heteroatoms. The van der Waals surface area contributed by atoms with Crippen molar-refractivity contribution in [1.82, 2.24) is 4.90 Å². The number of carbonyl (C=O) groups excluding carboxylic acids is 1. The van der Waals surface area contributed by atoms with Gasteiger partial charge >= 0.3 is 6.36 Å². The molecule has 2 aromatic carbocycles. The van der Waals surface area contributed by atoms with Gasteiger partial charge in [0.15, 0.2) is 0 Å². The normalized spacial score (nSPS) is 17.2. The molecule has 0 radical (unpaired) electrons. The minimum absolute atomic E-state index is 0.136. The van der Waals surface area contributed by atoms with Crippen molar-refractivity contribution in [2.45, 2.75) is 31.2 Å². The zero-order valence-electron chi connectivity index (χ0n) is 16.9. The first kappa shape index (κ1) is 21.2. The second-order valence-corrected chi connectivity index (χ2v) is 7.95. The van der Waals surface area contributed by atoms with Crippen LogP contribution in [0.3, 0.4) is 0 Å². The topological polar surface area (TPSA) is 64.8 Å². The molecule has 2 aromatic rings. The van der Waals surface area contributed by atoms with E-state index in [1.54, 1.807) is 11.0 Å². The van der Waals surface area contributed by atoms with Gasteiger partial charge in [0.25, 0.3) is 5.91 Å². The Kier molecular flexibility index (Phi) is 5.43. The summed E-state index contributed by atoms with van der Waals surface area (Å²) in [6, 6.07) is 11.3. The molecule has 0 bridgehead atoms. The quantitative estimate of drug-likeness (QED) is 0.742. The molecule has 0 aromatic heterocycles. The molecule has 0 atom stereocenters. The predicted octanol–water partition coefficient (Wildman–Crippen LogP) is 4.01. The lowest BCUT2D eigenvalue weighted by atomic mass is 9.74. The summed E-state index contributed by atoms with van der Waals surface area (Å²) in [5.74, 6) is 0.184. The highest BCUT2D eigenvalue weighted by Crippen LogP contribution is 2.46. The van der Waals surface area contributed by atoms with Gasteiger partial charge in [-0.1, -0.05) is 30.8 Å². The van der Waals surface area contributed by atoms with Crippen molar-refractivity contribution in [3.63, 3.8) is 0 Å². The van der Waals surface area contributed by atoms with Crippen molar-refractivity contribution in [3.05, 3.63) is 65.7 Å². The maximum atomic E-state index is 13.0. The largest absolute Gasteiger partial charge is 0.573 e. The number of rotatable bonds is 4. The molecular formula is C23H23F3N2O3. The average molecular weight is 432 g/mol. The number of likely N-dealkylation sites (tertiary alicyclic amines) is 1. The fourth-order valence-corrected chi connectivity index (χ4v) is 4.28. The van der Waals surface area contributed by atoms with Crippen molar-refractivity contribution < 1.29 is 27.4 Å². The van der Waals surface area contributed by atoms with Crippen LogP contribution in [0, 0.1) is 0 Å². The van der Waals surface area contributed by atoms with E-state index in [1.165, 1.54) is 18.2 Å². The Labute approximate surface area is 178 Å². The highest BCUT2D eigenvalue weighted by Gasteiger charge is 2.44. The van der Waals surface area contributed by atoms with Crippen LogP contribution in [0.2, 0.25) is 0 Å². The Bertz CT molecular complexity index is 1010. The van der Waals surface area contributed by atoms with Crippen LogP contribution in [0.1, 0.15) is 29.5 Å². The molecule has 2 N–H and O–H groups in total. The number of fused-ring (bicyclic) bond motifs is 2. The van der Waals surface area contributed by atoms with Gasteiger partial charge in [-0.25, -0.2) is 0 Å². The molecule has 1 amide bonds. The number of piperidine rings is 1. The molecular weight excluding hydrogens is 409 g/mol. The summed E-state index contributed by atoms with van der Waals surface area (Å²) < 4.78 is 47.3. The molecule has 2 heterocycles. The number of hydrogen-bond acceptors (Lipinski definition) is 4. The van der Waals surface area contributed by atoms with E-state index in [1.807, 2.05) is 12.1 Å². The van der Waals surface area contributed by atoms with Crippen LogP contribution in [0.25, 0.3) is 5.57 Å². The van der Waals surface area contributed by atoms with Gasteiger partial charge in [-0.05, 0) is 42.2 Å². The van der Waals surface area contributed by atoms with Crippen LogP contribution in [0.15, 0.2) is 49.0 Å². The number of carbonyl (C=O) groups is 1. The number of nitrogens with two attached hydrogens (primary N) is 1. The minimum Gasteiger partial charge on any atom is -0.492 e. The molecule has 0 unspecified atom stereocenters. The van der Waals surface area contributed by atoms with Gasteiger partial charge in [-0.3, -0.25) is 4.79 Å². The average Bonchev–Trinajstić information content (AvgIpc) is 3.09. The molecule has 2 aliphatic rings. The first-order valence-electron chi connectivity index (χ1n) is 10.0. The summed E-state index contributed by atoms with van der Waals surface area (Å²) in [5.41, 5.74) is 8.24. The monoisotopic (exact) mass is 432 g/mol. The van der Waals surface area contributed by atoms with E-state index in [0.29, 0.717) is 31.8 Å². The van der Waals surface area contributed by atoms with Crippen LogP contribution < -0.4 is 15.2 Å². The summed E-state index contributed by atoms with van der Waals surface area (Å²) in [5, 5.41) is 0. The number of ether oxygens (including phenoxy) is 2. The Morgan fingerprint density at radius 2 is 1.94 bits per heavy atom. The van der Waals surface area contributed by atoms with Crippen LogP contribution in [0.5, 0.6) is 11.5 Å². The Morgan fingerprint density at radius 1 is 1.19 bits per heavy atom. The van der Waals surface area contributed by atoms with E-state index < -0.39 is 6.36 Å². The molecule has 0 aliphatic carbocycles. The highest BCUT2D eigenvalue weighted by atomic mass is 19.4. The standard InChI is InChI=1S/C23H23F3N2O3/c1-15(17-3-2-4-18(12-17)31-23(24,25)26)21(29)28-9-7-22(8-10-28)14-30-20-6-5-16(13-27)11-19(20)22/h2-6,11-12H,1,7-10,13-14,27H2. The first-order valence-corrected chi connectivity index (χ1v) is 10.0. The van der Waals surface area contributed by atoms with Crippen LogP contribution >= 0.6 is 0 Å². The third kappa shape index (κ3) is 4.25. The molecule has 0 saturated carbocycles. The highest BCUT2D eigenvalue weighted by molar-refractivity contribution is 6.18. The fraction of sp³-hybridized carbons (Fsp3) is 0.348. The number of nitrogens with zero attached hydrogens (tertiary/aromatic N) is 1. The minimum atomic E-state index is -4.80. The number of benzene rings is 2. The van der Waals surface area contributed by atoms with Crippen molar-refractivity contribution in [2.24, 2.45) is 5.73 Å². The van der Waals surface area contributed by atoms with Gasteiger partial charge in [0, 0.05) is 36.2 Å². The number of hydrogen-bond donors (Lipinski definition) is 1. The zero-order chi connectivity index (χ0) is 22.2. The second-order valence-electron chi connectivity index (χ2n) is 7.95. The van der Waals surface area contributed by atoms with Gasteiger partial charge in [0.05, 0.1) is 6.61 Å². The molecule has 4 rings (SSSR count). The van der Waals surface area contributed by atoms with Crippen molar-refractivity contribution in [2.75, 3.05) is 19.7 Å². The van der Waals surface area contributed by atoms with Gasteiger partial charge in [-0.15, -0.1) is 13.2 Å². The van der Waals surface area contributed by atoms with E-state index in [9.17, 15) is 18.0 Å². The van der Waals surface area contributed by atoms with Gasteiger partial charge in [-0.2, -0.15) is 0 Å². The number of alkyl halides is 3. The van der Waals surface area contributed by atoms with Crippen LogP contribution in [-0.2, 0) is 16.8 Å². The Morgan fingerprint density at radius 3 is 2.61 bits per heavy atom. The lowest BCUT2D eigenvalue weighted by Crippen LogP contribution is -2.46. The summed E-state index contributed by atoms with van der Waals surface area (Å²) in [6.07, 6.45) is -3.34. The predicted molar refractivity (Wildman–Crippen MR) is 109 cm³/mol. The van der Waals surface area contributed by atoms with Crippen LogP contribution in [-0.4, -0.2) is 36.9 Å². The molecule has 2 aliphatic heterocycles. The van der Waals surface area contributed by atoms with Crippen LogP contribution in [0.4, 0.5) is 13.2 Å². The van der Waals surface area contributed by atoms with E-state index >= 15 is 0 Å². The van der Waals surface area contributed by atoms with E-state index in [2.05, 4.69) is 17.4 Å². The lowest BCUT2D eigenvalue weighted by Gasteiger charge is -2.39. The van der Waals surface area contributed by atoms with E-state index in [0.717, 1.165) is 29.7 Å². The second kappa shape index (κ2) is 7.92. The first-order chi connectivity index (χ1) is 14.7. The van der Waals surface area contributed by atoms with Gasteiger partial charge < -0.3 is 20.1 Å². The SMILES string of the molecule is C=C(C(=O)N1CCC2(CC1)COc1ccc(CN)cc12)c1cccc(OC(F)(F)F)c1. The lowest BCUT2D eigenvalue weighted by molar-refractivity contribution is -0.274. The summed E-state index contributed by atoms with van der Waals surface area (Å²) in [6.45, 7) is 5.85. The maximum Gasteiger partial charge on any atom is 0.573 e. The maximum absolute atomic E-state index is 13.0. The Balaban J connectivity index is 1.45. The Hall–Kier alpha value is -3.00. The smallest absolute Gasteiger partial charge is 0.492 e. The summed E-state index contributed by atoms with van der Waals surface area (Å²) in [7, 11) is 0. The molecule has 31 heavy (non-hydrogen) atoms. The fourth-order valence-electron chi connectivity index (χ4n) is 4.28. The molecule has 164 valence electrons. The molecule has 1 spiro atoms. The molecule has 1 fully saturated rings. The van der Waals surface area contributed by atoms with Crippen molar-refractivity contribution >= 4 is 11.5 Å². The van der Waals surface area contributed by atoms with E-state index in [4.69, 9.17) is 10.5 Å². The van der Waals surface area contributed by atoms with E-state index in [-0.39, 0.29) is 22.6 Å². The summed E-state index contributed by atoms with van der Waals surface area (Å²) >= 11 is 0. The molecule has 1 saturated heterocycles. The van der Waals surface area contributed by atoms with Gasteiger partial charge in [0.1, 0.15) is 11.5 Å². The molecule has 5 nitrogen and oxygen atoms in total. The van der Waals surface area contributed by atoms with Crippen molar-refractivity contribution in [1.29, 1.82) is 0 Å². The summed E-state index contributed by atoms with van der Waals surface area (Å²) in [4.78, 5) is 14.7. The van der Waals surface area contributed by atoms with Crippen molar-refractivity contribution in [3.8, 4) is 11.5 Å². The number of amides is 1.